The van der Waals surface area contributed by atoms with Crippen molar-refractivity contribution in [3.8, 4) is 5.75 Å². The van der Waals surface area contributed by atoms with E-state index in [-0.39, 0.29) is 23.6 Å². The zero-order chi connectivity index (χ0) is 18.7. The minimum absolute atomic E-state index is 0.0564. The maximum atomic E-state index is 12.4. The molecule has 138 valence electrons. The molecule has 26 heavy (non-hydrogen) atoms. The molecule has 3 rings (SSSR count). The second-order valence-electron chi connectivity index (χ2n) is 5.69. The van der Waals surface area contributed by atoms with Crippen LogP contribution in [0.1, 0.15) is 0 Å². The van der Waals surface area contributed by atoms with Gasteiger partial charge in [-0.25, -0.2) is 17.9 Å². The van der Waals surface area contributed by atoms with Gasteiger partial charge in [-0.05, 0) is 24.3 Å². The summed E-state index contributed by atoms with van der Waals surface area (Å²) in [4.78, 5) is 11.4. The lowest BCUT2D eigenvalue weighted by atomic mass is 10.3. The molecule has 3 aromatic rings. The van der Waals surface area contributed by atoms with Crippen LogP contribution in [-0.2, 0) is 17.1 Å². The fraction of sp³-hybridized carbons (Fsp3) is 0.235. The molecule has 0 spiro atoms. The first kappa shape index (κ1) is 18.2. The quantitative estimate of drug-likeness (QED) is 0.631. The third-order valence-electron chi connectivity index (χ3n) is 3.77. The molecule has 0 saturated heterocycles. The zero-order valence-corrected chi connectivity index (χ0v) is 14.8. The second-order valence-corrected chi connectivity index (χ2v) is 7.45. The SMILES string of the molecule is Cn1c(=O)oc2cc(S(=O)(=O)NC[C@@H](O)COc3ccccc3)ccc21. The summed E-state index contributed by atoms with van der Waals surface area (Å²) in [5.41, 5.74) is 0.665. The van der Waals surface area contributed by atoms with Crippen molar-refractivity contribution < 1.29 is 22.7 Å². The lowest BCUT2D eigenvalue weighted by Crippen LogP contribution is -2.35. The first-order valence-corrected chi connectivity index (χ1v) is 9.30. The fourth-order valence-electron chi connectivity index (χ4n) is 2.34. The molecule has 1 heterocycles. The number of oxazole rings is 1. The Hall–Kier alpha value is -2.62. The molecule has 0 amide bonds. The molecule has 1 aromatic heterocycles. The zero-order valence-electron chi connectivity index (χ0n) is 14.0. The van der Waals surface area contributed by atoms with Gasteiger partial charge in [0.2, 0.25) is 10.0 Å². The van der Waals surface area contributed by atoms with Crippen LogP contribution in [-0.4, -0.2) is 37.3 Å². The monoisotopic (exact) mass is 378 g/mol. The van der Waals surface area contributed by atoms with Crippen molar-refractivity contribution in [1.82, 2.24) is 9.29 Å². The number of rotatable bonds is 7. The minimum atomic E-state index is -3.87. The lowest BCUT2D eigenvalue weighted by molar-refractivity contribution is 0.111. The van der Waals surface area contributed by atoms with Gasteiger partial charge in [-0.15, -0.1) is 0 Å². The van der Waals surface area contributed by atoms with E-state index in [0.29, 0.717) is 11.3 Å². The molecule has 0 fully saturated rings. The molecule has 8 nitrogen and oxygen atoms in total. The highest BCUT2D eigenvalue weighted by atomic mass is 32.2. The molecule has 0 saturated carbocycles. The number of nitrogens with zero attached hydrogens (tertiary/aromatic N) is 1. The molecule has 0 aliphatic carbocycles. The van der Waals surface area contributed by atoms with Gasteiger partial charge in [-0.1, -0.05) is 18.2 Å². The number of aliphatic hydroxyl groups is 1. The Labute approximate surface area is 149 Å². The second kappa shape index (κ2) is 7.32. The number of para-hydroxylation sites is 1. The Morgan fingerprint density at radius 2 is 1.96 bits per heavy atom. The fourth-order valence-corrected chi connectivity index (χ4v) is 3.43. The maximum absolute atomic E-state index is 12.4. The van der Waals surface area contributed by atoms with Gasteiger partial charge in [0.1, 0.15) is 18.5 Å². The topological polar surface area (TPSA) is 111 Å². The Morgan fingerprint density at radius 1 is 1.23 bits per heavy atom. The summed E-state index contributed by atoms with van der Waals surface area (Å²) in [6.07, 6.45) is -1.02. The Morgan fingerprint density at radius 3 is 2.69 bits per heavy atom. The normalized spacial score (nSPS) is 13.0. The van der Waals surface area contributed by atoms with E-state index in [2.05, 4.69) is 4.72 Å². The first-order chi connectivity index (χ1) is 12.4. The highest BCUT2D eigenvalue weighted by Gasteiger charge is 2.18. The van der Waals surface area contributed by atoms with E-state index in [1.54, 1.807) is 24.3 Å². The summed E-state index contributed by atoms with van der Waals surface area (Å²) in [6.45, 7) is -0.273. The van der Waals surface area contributed by atoms with Crippen molar-refractivity contribution in [2.45, 2.75) is 11.0 Å². The van der Waals surface area contributed by atoms with Gasteiger partial charge in [0, 0.05) is 19.7 Å². The highest BCUT2D eigenvalue weighted by Crippen LogP contribution is 2.18. The van der Waals surface area contributed by atoms with Crippen molar-refractivity contribution in [3.05, 3.63) is 59.1 Å². The van der Waals surface area contributed by atoms with E-state index in [1.165, 1.54) is 29.8 Å². The van der Waals surface area contributed by atoms with E-state index in [1.807, 2.05) is 6.07 Å². The number of fused-ring (bicyclic) bond motifs is 1. The summed E-state index contributed by atoms with van der Waals surface area (Å²) in [6, 6.07) is 13.0. The number of aromatic nitrogens is 1. The molecule has 0 radical (unpaired) electrons. The molecule has 0 aliphatic heterocycles. The lowest BCUT2D eigenvalue weighted by Gasteiger charge is -2.13. The molecule has 2 aromatic carbocycles. The smallest absolute Gasteiger partial charge is 0.419 e. The Bertz CT molecular complexity index is 1060. The number of sulfonamides is 1. The van der Waals surface area contributed by atoms with Gasteiger partial charge >= 0.3 is 5.76 Å². The van der Waals surface area contributed by atoms with Crippen molar-refractivity contribution in [2.24, 2.45) is 7.05 Å². The van der Waals surface area contributed by atoms with Crippen LogP contribution in [0.4, 0.5) is 0 Å². The summed E-state index contributed by atoms with van der Waals surface area (Å²) < 4.78 is 38.7. The Kier molecular flexibility index (Phi) is 5.12. The molecule has 2 N–H and O–H groups in total. The standard InChI is InChI=1S/C17H18N2O6S/c1-19-15-8-7-14(9-16(15)25-17(19)21)26(22,23)18-10-12(20)11-24-13-5-3-2-4-6-13/h2-9,12,18,20H,10-11H2,1H3/t12-/m1/s1. The van der Waals surface area contributed by atoms with Crippen LogP contribution in [0.5, 0.6) is 5.75 Å². The molecule has 0 bridgehead atoms. The van der Waals surface area contributed by atoms with Crippen molar-refractivity contribution in [2.75, 3.05) is 13.2 Å². The van der Waals surface area contributed by atoms with Crippen molar-refractivity contribution in [1.29, 1.82) is 0 Å². The number of nitrogens with one attached hydrogen (secondary N) is 1. The summed E-state index contributed by atoms with van der Waals surface area (Å²) in [5.74, 6) is 0.00922. The number of aliphatic hydroxyl groups excluding tert-OH is 1. The van der Waals surface area contributed by atoms with Crippen LogP contribution >= 0.6 is 0 Å². The van der Waals surface area contributed by atoms with Gasteiger partial charge < -0.3 is 14.3 Å². The first-order valence-electron chi connectivity index (χ1n) is 7.82. The number of hydrogen-bond acceptors (Lipinski definition) is 6. The van der Waals surface area contributed by atoms with E-state index in [9.17, 15) is 18.3 Å². The van der Waals surface area contributed by atoms with Crippen LogP contribution in [0.15, 0.2) is 62.6 Å². The van der Waals surface area contributed by atoms with E-state index >= 15 is 0 Å². The van der Waals surface area contributed by atoms with E-state index in [0.717, 1.165) is 0 Å². The van der Waals surface area contributed by atoms with Gasteiger partial charge in [-0.2, -0.15) is 0 Å². The summed E-state index contributed by atoms with van der Waals surface area (Å²) in [5, 5.41) is 9.92. The molecule has 0 aliphatic rings. The van der Waals surface area contributed by atoms with Crippen LogP contribution in [0.25, 0.3) is 11.1 Å². The average molecular weight is 378 g/mol. The summed E-state index contributed by atoms with van der Waals surface area (Å²) >= 11 is 0. The van der Waals surface area contributed by atoms with Gasteiger partial charge in [0.15, 0.2) is 5.58 Å². The minimum Gasteiger partial charge on any atom is -0.491 e. The Balaban J connectivity index is 1.64. The maximum Gasteiger partial charge on any atom is 0.419 e. The molecular formula is C17H18N2O6S. The van der Waals surface area contributed by atoms with Crippen LogP contribution in [0.2, 0.25) is 0 Å². The van der Waals surface area contributed by atoms with Crippen LogP contribution in [0, 0.1) is 0 Å². The molecule has 9 heteroatoms. The molecule has 0 unspecified atom stereocenters. The molecular weight excluding hydrogens is 360 g/mol. The van der Waals surface area contributed by atoms with E-state index in [4.69, 9.17) is 9.15 Å². The largest absolute Gasteiger partial charge is 0.491 e. The third-order valence-corrected chi connectivity index (χ3v) is 5.19. The summed E-state index contributed by atoms with van der Waals surface area (Å²) in [7, 11) is -2.34. The van der Waals surface area contributed by atoms with Crippen LogP contribution in [0.3, 0.4) is 0 Å². The number of aryl methyl sites for hydroxylation is 1. The van der Waals surface area contributed by atoms with E-state index < -0.39 is 21.9 Å². The number of benzene rings is 2. The predicted octanol–water partition coefficient (Wildman–Crippen LogP) is 0.850. The van der Waals surface area contributed by atoms with Gasteiger partial charge in [0.25, 0.3) is 0 Å². The van der Waals surface area contributed by atoms with Gasteiger partial charge in [-0.3, -0.25) is 4.57 Å². The van der Waals surface area contributed by atoms with Crippen molar-refractivity contribution >= 4 is 21.1 Å². The van der Waals surface area contributed by atoms with Crippen LogP contribution < -0.4 is 15.2 Å². The van der Waals surface area contributed by atoms with Crippen molar-refractivity contribution in [3.63, 3.8) is 0 Å². The highest BCUT2D eigenvalue weighted by molar-refractivity contribution is 7.89. The number of hydrogen-bond donors (Lipinski definition) is 2. The average Bonchev–Trinajstić information content (AvgIpc) is 2.93. The van der Waals surface area contributed by atoms with Gasteiger partial charge in [0.05, 0.1) is 10.4 Å². The third kappa shape index (κ3) is 3.96. The number of ether oxygens (including phenoxy) is 1. The molecule has 1 atom stereocenters. The predicted molar refractivity (Wildman–Crippen MR) is 94.6 cm³/mol.